The lowest BCUT2D eigenvalue weighted by Gasteiger charge is -2.22. The van der Waals surface area contributed by atoms with Crippen molar-refractivity contribution in [2.75, 3.05) is 5.75 Å². The zero-order valence-electron chi connectivity index (χ0n) is 12.6. The van der Waals surface area contributed by atoms with Crippen molar-refractivity contribution in [3.63, 3.8) is 0 Å². The molecule has 0 aromatic carbocycles. The first-order valence-corrected chi connectivity index (χ1v) is 8.92. The average Bonchev–Trinajstić information content (AvgIpc) is 3.30. The lowest BCUT2D eigenvalue weighted by atomic mass is 9.95. The summed E-state index contributed by atoms with van der Waals surface area (Å²) in [6.45, 7) is 0. The van der Waals surface area contributed by atoms with Crippen molar-refractivity contribution in [3.8, 4) is 11.5 Å². The first-order valence-electron chi connectivity index (χ1n) is 7.94. The molecule has 2 heterocycles. The standard InChI is InChI=1S/C16H18N4O2S/c21-14(18-13-8-10-1-2-12(13)7-10)9-23-16-20-19-15(22-16)11-3-5-17-6-4-11/h3-6,10,12-13H,1-2,7-9H2,(H,18,21)/t10-,12-,13+/m1/s1. The normalized spacial score (nSPS) is 25.7. The SMILES string of the molecule is O=C(CSc1nnc(-c2ccncc2)o1)N[C@H]1C[C@@H]2CC[C@@H]1C2. The number of pyridine rings is 1. The van der Waals surface area contributed by atoms with E-state index in [9.17, 15) is 4.79 Å². The number of thioether (sulfide) groups is 1. The molecule has 2 bridgehead atoms. The van der Waals surface area contributed by atoms with Crippen LogP contribution in [-0.4, -0.2) is 32.9 Å². The summed E-state index contributed by atoms with van der Waals surface area (Å²) in [6, 6.07) is 3.99. The number of nitrogens with zero attached hydrogens (tertiary/aromatic N) is 3. The Balaban J connectivity index is 1.29. The first kappa shape index (κ1) is 14.7. The molecule has 4 rings (SSSR count). The van der Waals surface area contributed by atoms with Gasteiger partial charge < -0.3 is 9.73 Å². The van der Waals surface area contributed by atoms with Crippen LogP contribution in [0.2, 0.25) is 0 Å². The van der Waals surface area contributed by atoms with E-state index in [1.165, 1.54) is 31.0 Å². The van der Waals surface area contributed by atoms with Gasteiger partial charge in [-0.15, -0.1) is 10.2 Å². The van der Waals surface area contributed by atoms with Crippen LogP contribution < -0.4 is 5.32 Å². The molecule has 0 aliphatic heterocycles. The van der Waals surface area contributed by atoms with Crippen molar-refractivity contribution in [1.29, 1.82) is 0 Å². The molecule has 3 atom stereocenters. The van der Waals surface area contributed by atoms with E-state index in [-0.39, 0.29) is 5.91 Å². The maximum absolute atomic E-state index is 12.1. The highest BCUT2D eigenvalue weighted by atomic mass is 32.2. The minimum absolute atomic E-state index is 0.0520. The van der Waals surface area contributed by atoms with Crippen molar-refractivity contribution in [3.05, 3.63) is 24.5 Å². The number of amides is 1. The molecule has 120 valence electrons. The van der Waals surface area contributed by atoms with Gasteiger partial charge in [0.2, 0.25) is 11.8 Å². The molecular weight excluding hydrogens is 312 g/mol. The molecule has 2 aliphatic carbocycles. The fourth-order valence-corrected chi connectivity index (χ4v) is 4.25. The van der Waals surface area contributed by atoms with Gasteiger partial charge in [-0.2, -0.15) is 0 Å². The molecule has 0 spiro atoms. The number of rotatable bonds is 5. The van der Waals surface area contributed by atoms with E-state index in [0.717, 1.165) is 17.9 Å². The number of aromatic nitrogens is 3. The fraction of sp³-hybridized carbons (Fsp3) is 0.500. The van der Waals surface area contributed by atoms with Crippen molar-refractivity contribution >= 4 is 17.7 Å². The Labute approximate surface area is 138 Å². The molecule has 0 saturated heterocycles. The maximum Gasteiger partial charge on any atom is 0.277 e. The number of hydrogen-bond acceptors (Lipinski definition) is 6. The van der Waals surface area contributed by atoms with Gasteiger partial charge in [-0.3, -0.25) is 9.78 Å². The van der Waals surface area contributed by atoms with Gasteiger partial charge in [0.15, 0.2) is 0 Å². The molecule has 0 radical (unpaired) electrons. The topological polar surface area (TPSA) is 80.9 Å². The van der Waals surface area contributed by atoms with Crippen LogP contribution in [0.4, 0.5) is 0 Å². The molecule has 2 aliphatic rings. The number of hydrogen-bond donors (Lipinski definition) is 1. The van der Waals surface area contributed by atoms with Crippen molar-refractivity contribution in [2.24, 2.45) is 11.8 Å². The van der Waals surface area contributed by atoms with E-state index in [0.29, 0.717) is 28.8 Å². The van der Waals surface area contributed by atoms with E-state index in [1.54, 1.807) is 12.4 Å². The quantitative estimate of drug-likeness (QED) is 0.849. The Morgan fingerprint density at radius 1 is 1.26 bits per heavy atom. The fourth-order valence-electron chi connectivity index (χ4n) is 3.68. The van der Waals surface area contributed by atoms with E-state index in [4.69, 9.17) is 4.42 Å². The summed E-state index contributed by atoms with van der Waals surface area (Å²) in [6.07, 6.45) is 8.39. The average molecular weight is 330 g/mol. The maximum atomic E-state index is 12.1. The molecule has 2 saturated carbocycles. The molecule has 23 heavy (non-hydrogen) atoms. The number of fused-ring (bicyclic) bond motifs is 2. The highest BCUT2D eigenvalue weighted by Gasteiger charge is 2.40. The summed E-state index contributed by atoms with van der Waals surface area (Å²) in [7, 11) is 0. The number of nitrogens with one attached hydrogen (secondary N) is 1. The second-order valence-electron chi connectivity index (χ2n) is 6.25. The first-order chi connectivity index (χ1) is 11.3. The Hall–Kier alpha value is -1.89. The van der Waals surface area contributed by atoms with Gasteiger partial charge in [-0.05, 0) is 43.2 Å². The molecule has 7 heteroatoms. The third kappa shape index (κ3) is 3.24. The van der Waals surface area contributed by atoms with Gasteiger partial charge >= 0.3 is 0 Å². The van der Waals surface area contributed by atoms with Gasteiger partial charge in [-0.25, -0.2) is 0 Å². The van der Waals surface area contributed by atoms with Crippen LogP contribution in [0.15, 0.2) is 34.2 Å². The summed E-state index contributed by atoms with van der Waals surface area (Å²) < 4.78 is 5.57. The minimum Gasteiger partial charge on any atom is -0.411 e. The van der Waals surface area contributed by atoms with E-state index in [1.807, 2.05) is 12.1 Å². The zero-order valence-corrected chi connectivity index (χ0v) is 13.5. The van der Waals surface area contributed by atoms with Gasteiger partial charge in [0.1, 0.15) is 0 Å². The Kier molecular flexibility index (Phi) is 4.03. The third-order valence-corrected chi connectivity index (χ3v) is 5.56. The highest BCUT2D eigenvalue weighted by Crippen LogP contribution is 2.44. The molecule has 2 fully saturated rings. The van der Waals surface area contributed by atoms with Crippen LogP contribution >= 0.6 is 11.8 Å². The van der Waals surface area contributed by atoms with Crippen molar-refractivity contribution in [1.82, 2.24) is 20.5 Å². The molecule has 1 N–H and O–H groups in total. The largest absolute Gasteiger partial charge is 0.411 e. The summed E-state index contributed by atoms with van der Waals surface area (Å²) in [4.78, 5) is 16.0. The monoisotopic (exact) mass is 330 g/mol. The smallest absolute Gasteiger partial charge is 0.277 e. The van der Waals surface area contributed by atoms with Crippen LogP contribution in [0.25, 0.3) is 11.5 Å². The van der Waals surface area contributed by atoms with Crippen LogP contribution in [0, 0.1) is 11.8 Å². The zero-order chi connectivity index (χ0) is 15.6. The summed E-state index contributed by atoms with van der Waals surface area (Å²) in [5.74, 6) is 2.33. The molecule has 2 aromatic rings. The van der Waals surface area contributed by atoms with Gasteiger partial charge in [0.25, 0.3) is 5.22 Å². The molecule has 0 unspecified atom stereocenters. The lowest BCUT2D eigenvalue weighted by molar-refractivity contribution is -0.119. The van der Waals surface area contributed by atoms with Gasteiger partial charge in [-0.1, -0.05) is 18.2 Å². The summed E-state index contributed by atoms with van der Waals surface area (Å²) in [5.41, 5.74) is 0.825. The van der Waals surface area contributed by atoms with Gasteiger partial charge in [0, 0.05) is 24.0 Å². The Morgan fingerprint density at radius 2 is 2.13 bits per heavy atom. The van der Waals surface area contributed by atoms with Crippen LogP contribution in [0.1, 0.15) is 25.7 Å². The van der Waals surface area contributed by atoms with Crippen molar-refractivity contribution in [2.45, 2.75) is 36.9 Å². The lowest BCUT2D eigenvalue weighted by Crippen LogP contribution is -2.39. The van der Waals surface area contributed by atoms with Gasteiger partial charge in [0.05, 0.1) is 5.75 Å². The number of carbonyl (C=O) groups excluding carboxylic acids is 1. The Bertz CT molecular complexity index is 690. The molecule has 6 nitrogen and oxygen atoms in total. The summed E-state index contributed by atoms with van der Waals surface area (Å²) >= 11 is 1.28. The summed E-state index contributed by atoms with van der Waals surface area (Å²) in [5, 5.41) is 11.6. The van der Waals surface area contributed by atoms with Crippen LogP contribution in [0.3, 0.4) is 0 Å². The highest BCUT2D eigenvalue weighted by molar-refractivity contribution is 7.99. The van der Waals surface area contributed by atoms with Crippen molar-refractivity contribution < 1.29 is 9.21 Å². The van der Waals surface area contributed by atoms with Crippen LogP contribution in [-0.2, 0) is 4.79 Å². The minimum atomic E-state index is 0.0520. The predicted octanol–water partition coefficient (Wildman–Crippen LogP) is 2.53. The molecular formula is C16H18N4O2S. The van der Waals surface area contributed by atoms with Crippen LogP contribution in [0.5, 0.6) is 0 Å². The Morgan fingerprint density at radius 3 is 2.87 bits per heavy atom. The van der Waals surface area contributed by atoms with E-state index >= 15 is 0 Å². The third-order valence-electron chi connectivity index (χ3n) is 4.74. The predicted molar refractivity (Wildman–Crippen MR) is 85.6 cm³/mol. The van der Waals surface area contributed by atoms with E-state index < -0.39 is 0 Å². The molecule has 1 amide bonds. The molecule has 2 aromatic heterocycles. The van der Waals surface area contributed by atoms with E-state index in [2.05, 4.69) is 20.5 Å². The second-order valence-corrected chi connectivity index (χ2v) is 7.17. The second kappa shape index (κ2) is 6.31. The number of carbonyl (C=O) groups is 1.